The van der Waals surface area contributed by atoms with E-state index in [1.54, 1.807) is 6.08 Å². The summed E-state index contributed by atoms with van der Waals surface area (Å²) >= 11 is 6.03. The van der Waals surface area contributed by atoms with Gasteiger partial charge in [-0.3, -0.25) is 4.79 Å². The Labute approximate surface area is 146 Å². The fraction of sp³-hybridized carbons (Fsp3) is 0.389. The normalized spacial score (nSPS) is 13.8. The van der Waals surface area contributed by atoms with Gasteiger partial charge >= 0.3 is 0 Å². The second kappa shape index (κ2) is 7.62. The van der Waals surface area contributed by atoms with Gasteiger partial charge in [0.05, 0.1) is 0 Å². The van der Waals surface area contributed by atoms with Gasteiger partial charge in [-0.1, -0.05) is 30.7 Å². The molecule has 0 fully saturated rings. The average Bonchev–Trinajstić information content (AvgIpc) is 3.17. The summed E-state index contributed by atoms with van der Waals surface area (Å²) in [5.74, 6) is 1.93. The summed E-state index contributed by atoms with van der Waals surface area (Å²) in [5, 5.41) is 12.0. The molecule has 0 radical (unpaired) electrons. The Bertz CT molecular complexity index is 766. The van der Waals surface area contributed by atoms with Crippen molar-refractivity contribution in [1.29, 1.82) is 0 Å². The Kier molecular flexibility index (Phi) is 5.30. The molecule has 0 spiro atoms. The van der Waals surface area contributed by atoms with E-state index in [0.29, 0.717) is 18.0 Å². The maximum Gasteiger partial charge on any atom is 0.244 e. The highest BCUT2D eigenvalue weighted by atomic mass is 35.5. The van der Waals surface area contributed by atoms with Crippen molar-refractivity contribution in [3.63, 3.8) is 0 Å². The van der Waals surface area contributed by atoms with E-state index >= 15 is 0 Å². The summed E-state index contributed by atoms with van der Waals surface area (Å²) in [7, 11) is 0. The number of nitrogens with one attached hydrogen (secondary N) is 1. The van der Waals surface area contributed by atoms with Crippen LogP contribution in [0.5, 0.6) is 0 Å². The van der Waals surface area contributed by atoms with Crippen LogP contribution in [-0.4, -0.2) is 27.2 Å². The number of aryl methyl sites for hydroxylation is 1. The van der Waals surface area contributed by atoms with Gasteiger partial charge in [0.1, 0.15) is 11.6 Å². The molecule has 0 saturated heterocycles. The van der Waals surface area contributed by atoms with Crippen molar-refractivity contribution in [3.05, 3.63) is 52.6 Å². The second-order valence-corrected chi connectivity index (χ2v) is 6.30. The van der Waals surface area contributed by atoms with E-state index in [9.17, 15) is 4.79 Å². The maximum atomic E-state index is 12.2. The van der Waals surface area contributed by atoms with Gasteiger partial charge in [-0.15, -0.1) is 10.2 Å². The molecule has 24 heavy (non-hydrogen) atoms. The molecule has 0 unspecified atom stereocenters. The standard InChI is InChI=1S/C18H21ClN4O/c1-2-13(14-5-3-6-15(19)11-14)12-18(24)20-9-8-17-22-21-16-7-4-10-23(16)17/h3,5-6,11-12H,2,4,7-10H2,1H3,(H,20,24). The molecule has 5 nitrogen and oxygen atoms in total. The third-order valence-corrected chi connectivity index (χ3v) is 4.45. The summed E-state index contributed by atoms with van der Waals surface area (Å²) in [6, 6.07) is 7.57. The predicted molar refractivity (Wildman–Crippen MR) is 94.8 cm³/mol. The van der Waals surface area contributed by atoms with Gasteiger partial charge in [-0.05, 0) is 36.1 Å². The van der Waals surface area contributed by atoms with Crippen LogP contribution in [0, 0.1) is 0 Å². The molecule has 3 rings (SSSR count). The molecule has 126 valence electrons. The molecule has 1 amide bonds. The summed E-state index contributed by atoms with van der Waals surface area (Å²) < 4.78 is 2.16. The van der Waals surface area contributed by atoms with Crippen molar-refractivity contribution >= 4 is 23.1 Å². The van der Waals surface area contributed by atoms with E-state index in [1.165, 1.54) is 0 Å². The Hall–Kier alpha value is -2.14. The zero-order chi connectivity index (χ0) is 16.9. The topological polar surface area (TPSA) is 59.8 Å². The Balaban J connectivity index is 1.57. The molecule has 1 N–H and O–H groups in total. The highest BCUT2D eigenvalue weighted by Crippen LogP contribution is 2.21. The van der Waals surface area contributed by atoms with E-state index in [2.05, 4.69) is 20.1 Å². The number of rotatable bonds is 6. The fourth-order valence-electron chi connectivity index (χ4n) is 2.98. The second-order valence-electron chi connectivity index (χ2n) is 5.86. The molecule has 1 aliphatic heterocycles. The first-order valence-electron chi connectivity index (χ1n) is 8.32. The van der Waals surface area contributed by atoms with Gasteiger partial charge < -0.3 is 9.88 Å². The fourth-order valence-corrected chi connectivity index (χ4v) is 3.17. The first-order valence-corrected chi connectivity index (χ1v) is 8.70. The molecular formula is C18H21ClN4O. The molecule has 6 heteroatoms. The maximum absolute atomic E-state index is 12.2. The van der Waals surface area contributed by atoms with Crippen LogP contribution in [0.25, 0.3) is 5.57 Å². The smallest absolute Gasteiger partial charge is 0.244 e. The monoisotopic (exact) mass is 344 g/mol. The van der Waals surface area contributed by atoms with Crippen molar-refractivity contribution in [1.82, 2.24) is 20.1 Å². The molecule has 1 aromatic heterocycles. The van der Waals surface area contributed by atoms with Crippen LogP contribution in [0.1, 0.15) is 37.0 Å². The number of benzene rings is 1. The molecule has 1 aromatic carbocycles. The zero-order valence-corrected chi connectivity index (χ0v) is 14.5. The number of hydrogen-bond acceptors (Lipinski definition) is 3. The number of carbonyl (C=O) groups excluding carboxylic acids is 1. The van der Waals surface area contributed by atoms with E-state index in [0.717, 1.165) is 48.6 Å². The highest BCUT2D eigenvalue weighted by Gasteiger charge is 2.16. The Morgan fingerprint density at radius 1 is 1.42 bits per heavy atom. The summed E-state index contributed by atoms with van der Waals surface area (Å²) in [4.78, 5) is 12.2. The first-order chi connectivity index (χ1) is 11.7. The summed E-state index contributed by atoms with van der Waals surface area (Å²) in [6.45, 7) is 3.57. The van der Waals surface area contributed by atoms with Crippen LogP contribution in [0.2, 0.25) is 5.02 Å². The van der Waals surface area contributed by atoms with Gasteiger partial charge in [0.2, 0.25) is 5.91 Å². The number of fused-ring (bicyclic) bond motifs is 1. The van der Waals surface area contributed by atoms with Gasteiger partial charge in [-0.25, -0.2) is 0 Å². The van der Waals surface area contributed by atoms with Crippen molar-refractivity contribution in [3.8, 4) is 0 Å². The van der Waals surface area contributed by atoms with Crippen molar-refractivity contribution < 1.29 is 4.79 Å². The quantitative estimate of drug-likeness (QED) is 0.819. The summed E-state index contributed by atoms with van der Waals surface area (Å²) in [6.07, 6.45) is 5.25. The third-order valence-electron chi connectivity index (χ3n) is 4.22. The lowest BCUT2D eigenvalue weighted by Gasteiger charge is -2.07. The number of amides is 1. The molecule has 0 saturated carbocycles. The zero-order valence-electron chi connectivity index (χ0n) is 13.8. The number of halogens is 1. The average molecular weight is 345 g/mol. The summed E-state index contributed by atoms with van der Waals surface area (Å²) in [5.41, 5.74) is 1.95. The highest BCUT2D eigenvalue weighted by molar-refractivity contribution is 6.30. The van der Waals surface area contributed by atoms with E-state index in [-0.39, 0.29) is 5.91 Å². The Morgan fingerprint density at radius 2 is 2.29 bits per heavy atom. The van der Waals surface area contributed by atoms with Crippen LogP contribution < -0.4 is 5.32 Å². The molecule has 2 aromatic rings. The first kappa shape index (κ1) is 16.7. The number of aromatic nitrogens is 3. The molecule has 0 atom stereocenters. The minimum atomic E-state index is -0.0898. The van der Waals surface area contributed by atoms with Crippen LogP contribution in [0.4, 0.5) is 0 Å². The largest absolute Gasteiger partial charge is 0.352 e. The number of nitrogens with zero attached hydrogens (tertiary/aromatic N) is 3. The molecule has 0 aliphatic carbocycles. The number of carbonyl (C=O) groups is 1. The lowest BCUT2D eigenvalue weighted by molar-refractivity contribution is -0.116. The third kappa shape index (κ3) is 3.85. The lowest BCUT2D eigenvalue weighted by atomic mass is 10.0. The van der Waals surface area contributed by atoms with E-state index < -0.39 is 0 Å². The van der Waals surface area contributed by atoms with Crippen LogP contribution in [0.15, 0.2) is 30.3 Å². The molecular weight excluding hydrogens is 324 g/mol. The number of allylic oxidation sites excluding steroid dienone is 1. The van der Waals surface area contributed by atoms with Gasteiger partial charge in [0.25, 0.3) is 0 Å². The van der Waals surface area contributed by atoms with Gasteiger partial charge in [0.15, 0.2) is 0 Å². The minimum Gasteiger partial charge on any atom is -0.352 e. The van der Waals surface area contributed by atoms with Crippen LogP contribution >= 0.6 is 11.6 Å². The van der Waals surface area contributed by atoms with Gasteiger partial charge in [0, 0.05) is 37.0 Å². The molecule has 0 bridgehead atoms. The van der Waals surface area contributed by atoms with Crippen molar-refractivity contribution in [2.45, 2.75) is 39.2 Å². The Morgan fingerprint density at radius 3 is 3.08 bits per heavy atom. The molecule has 1 aliphatic rings. The van der Waals surface area contributed by atoms with Crippen molar-refractivity contribution in [2.75, 3.05) is 6.54 Å². The van der Waals surface area contributed by atoms with E-state index in [4.69, 9.17) is 11.6 Å². The SMILES string of the molecule is CCC(=CC(=O)NCCc1nnc2n1CCC2)c1cccc(Cl)c1. The van der Waals surface area contributed by atoms with E-state index in [1.807, 2.05) is 31.2 Å². The van der Waals surface area contributed by atoms with Gasteiger partial charge in [-0.2, -0.15) is 0 Å². The van der Waals surface area contributed by atoms with Crippen LogP contribution in [-0.2, 0) is 24.2 Å². The predicted octanol–water partition coefficient (Wildman–Crippen LogP) is 3.03. The van der Waals surface area contributed by atoms with Crippen LogP contribution in [0.3, 0.4) is 0 Å². The minimum absolute atomic E-state index is 0.0898. The number of hydrogen-bond donors (Lipinski definition) is 1. The van der Waals surface area contributed by atoms with Crippen molar-refractivity contribution in [2.24, 2.45) is 0 Å². The molecule has 2 heterocycles. The lowest BCUT2D eigenvalue weighted by Crippen LogP contribution is -2.25.